The molecule has 2 N–H and O–H groups in total. The van der Waals surface area contributed by atoms with Gasteiger partial charge < -0.3 is 19.7 Å². The largest absolute Gasteiger partial charge is 0.390 e. The summed E-state index contributed by atoms with van der Waals surface area (Å²) in [7, 11) is -2.21. The van der Waals surface area contributed by atoms with Gasteiger partial charge in [-0.2, -0.15) is 8.42 Å². The molecule has 0 unspecified atom stereocenters. The van der Waals surface area contributed by atoms with Crippen molar-refractivity contribution >= 4 is 10.1 Å². The second-order valence-electron chi connectivity index (χ2n) is 3.62. The lowest BCUT2D eigenvalue weighted by atomic mass is 10.0. The summed E-state index contributed by atoms with van der Waals surface area (Å²) in [5.41, 5.74) is 0. The van der Waals surface area contributed by atoms with Crippen molar-refractivity contribution in [2.45, 2.75) is 31.0 Å². The highest BCUT2D eigenvalue weighted by Crippen LogP contribution is 2.21. The molecular weight excluding hydrogens is 240 g/mol. The lowest BCUT2D eigenvalue weighted by molar-refractivity contribution is -0.247. The first-order valence-electron chi connectivity index (χ1n) is 4.72. The van der Waals surface area contributed by atoms with Crippen LogP contribution >= 0.6 is 0 Å². The molecule has 4 atom stereocenters. The van der Waals surface area contributed by atoms with Gasteiger partial charge in [0.25, 0.3) is 10.1 Å². The Kier molecular flexibility index (Phi) is 4.65. The van der Waals surface area contributed by atoms with Crippen molar-refractivity contribution in [3.8, 4) is 0 Å². The number of aliphatic hydroxyl groups is 2. The summed E-state index contributed by atoms with van der Waals surface area (Å²) in [5.74, 6) is 0. The van der Waals surface area contributed by atoms with Gasteiger partial charge >= 0.3 is 0 Å². The van der Waals surface area contributed by atoms with Crippen LogP contribution in [-0.4, -0.2) is 63.2 Å². The summed E-state index contributed by atoms with van der Waals surface area (Å²) in [6.07, 6.45) is -2.78. The highest BCUT2D eigenvalue weighted by molar-refractivity contribution is 7.85. The molecule has 1 aliphatic heterocycles. The number of hydrogen-bond donors (Lipinski definition) is 2. The molecule has 0 spiro atoms. The summed E-state index contributed by atoms with van der Waals surface area (Å²) in [6.45, 7) is -0.350. The number of methoxy groups -OCH3 is 1. The van der Waals surface area contributed by atoms with Crippen LogP contribution in [0.4, 0.5) is 0 Å². The molecule has 96 valence electrons. The van der Waals surface area contributed by atoms with E-state index in [0.717, 1.165) is 6.26 Å². The third-order valence-corrected chi connectivity index (χ3v) is 2.81. The highest BCUT2D eigenvalue weighted by Gasteiger charge is 2.37. The minimum absolute atomic E-state index is 0.132. The monoisotopic (exact) mass is 256 g/mol. The maximum atomic E-state index is 10.8. The van der Waals surface area contributed by atoms with Gasteiger partial charge in [0.05, 0.1) is 19.0 Å². The SMILES string of the molecule is CO[C@H]1C[C@@H](O)[C@H](O)[C@@H](COS(C)(=O)=O)O1. The molecule has 0 bridgehead atoms. The van der Waals surface area contributed by atoms with E-state index in [4.69, 9.17) is 9.47 Å². The van der Waals surface area contributed by atoms with Crippen molar-refractivity contribution in [2.75, 3.05) is 20.0 Å². The molecule has 0 radical (unpaired) electrons. The number of ether oxygens (including phenoxy) is 2. The molecule has 0 amide bonds. The van der Waals surface area contributed by atoms with Crippen LogP contribution in [0.1, 0.15) is 6.42 Å². The number of aliphatic hydroxyl groups excluding tert-OH is 2. The van der Waals surface area contributed by atoms with Gasteiger partial charge in [0, 0.05) is 13.5 Å². The average molecular weight is 256 g/mol. The van der Waals surface area contributed by atoms with Crippen LogP contribution in [0, 0.1) is 0 Å². The van der Waals surface area contributed by atoms with Gasteiger partial charge in [0.2, 0.25) is 0 Å². The maximum absolute atomic E-state index is 10.8. The van der Waals surface area contributed by atoms with E-state index in [1.807, 2.05) is 0 Å². The Bertz CT molecular complexity index is 314. The van der Waals surface area contributed by atoms with Gasteiger partial charge in [-0.1, -0.05) is 0 Å². The Morgan fingerprint density at radius 1 is 1.44 bits per heavy atom. The van der Waals surface area contributed by atoms with Crippen molar-refractivity contribution in [1.29, 1.82) is 0 Å². The normalized spacial score (nSPS) is 36.2. The molecule has 7 nitrogen and oxygen atoms in total. The van der Waals surface area contributed by atoms with E-state index in [9.17, 15) is 18.6 Å². The molecule has 0 saturated carbocycles. The second kappa shape index (κ2) is 5.39. The van der Waals surface area contributed by atoms with E-state index in [1.54, 1.807) is 0 Å². The molecule has 1 fully saturated rings. The number of rotatable bonds is 4. The van der Waals surface area contributed by atoms with Crippen molar-refractivity contribution in [3.05, 3.63) is 0 Å². The lowest BCUT2D eigenvalue weighted by Crippen LogP contribution is -2.50. The van der Waals surface area contributed by atoms with Crippen molar-refractivity contribution < 1.29 is 32.3 Å². The summed E-state index contributed by atoms with van der Waals surface area (Å²) >= 11 is 0. The van der Waals surface area contributed by atoms with Crippen LogP contribution in [0.3, 0.4) is 0 Å². The van der Waals surface area contributed by atoms with Crippen LogP contribution in [0.15, 0.2) is 0 Å². The van der Waals surface area contributed by atoms with Crippen molar-refractivity contribution in [1.82, 2.24) is 0 Å². The average Bonchev–Trinajstić information content (AvgIpc) is 2.18. The van der Waals surface area contributed by atoms with Gasteiger partial charge in [-0.05, 0) is 0 Å². The maximum Gasteiger partial charge on any atom is 0.264 e. The van der Waals surface area contributed by atoms with E-state index in [2.05, 4.69) is 4.18 Å². The Morgan fingerprint density at radius 2 is 2.06 bits per heavy atom. The fourth-order valence-corrected chi connectivity index (χ4v) is 1.78. The molecule has 1 aliphatic rings. The van der Waals surface area contributed by atoms with Crippen LogP contribution < -0.4 is 0 Å². The first kappa shape index (κ1) is 13.8. The van der Waals surface area contributed by atoms with E-state index in [0.29, 0.717) is 0 Å². The van der Waals surface area contributed by atoms with Gasteiger partial charge in [0.15, 0.2) is 6.29 Å². The molecule has 0 aromatic carbocycles. The molecule has 0 aromatic rings. The molecule has 8 heteroatoms. The van der Waals surface area contributed by atoms with Crippen LogP contribution in [-0.2, 0) is 23.8 Å². The predicted octanol–water partition coefficient (Wildman–Crippen LogP) is -1.55. The smallest absolute Gasteiger partial charge is 0.264 e. The first-order chi connectivity index (χ1) is 7.33. The molecule has 1 saturated heterocycles. The predicted molar refractivity (Wildman–Crippen MR) is 53.1 cm³/mol. The minimum Gasteiger partial charge on any atom is -0.390 e. The van der Waals surface area contributed by atoms with Crippen LogP contribution in [0.2, 0.25) is 0 Å². The zero-order valence-electron chi connectivity index (χ0n) is 9.07. The van der Waals surface area contributed by atoms with Crippen LogP contribution in [0.25, 0.3) is 0 Å². The topological polar surface area (TPSA) is 102 Å². The lowest BCUT2D eigenvalue weighted by Gasteiger charge is -2.35. The summed E-state index contributed by atoms with van der Waals surface area (Å²) in [4.78, 5) is 0. The third-order valence-electron chi connectivity index (χ3n) is 2.24. The van der Waals surface area contributed by atoms with E-state index in [1.165, 1.54) is 7.11 Å². The summed E-state index contributed by atoms with van der Waals surface area (Å²) < 4.78 is 36.1. The Morgan fingerprint density at radius 3 is 2.56 bits per heavy atom. The van der Waals surface area contributed by atoms with E-state index in [-0.39, 0.29) is 13.0 Å². The zero-order valence-corrected chi connectivity index (χ0v) is 9.88. The van der Waals surface area contributed by atoms with Gasteiger partial charge in [-0.3, -0.25) is 4.18 Å². The van der Waals surface area contributed by atoms with Crippen molar-refractivity contribution in [2.24, 2.45) is 0 Å². The third kappa shape index (κ3) is 3.96. The highest BCUT2D eigenvalue weighted by atomic mass is 32.2. The molecule has 0 aliphatic carbocycles. The molecule has 1 rings (SSSR count). The Balaban J connectivity index is 2.56. The second-order valence-corrected chi connectivity index (χ2v) is 5.27. The van der Waals surface area contributed by atoms with Gasteiger partial charge in [-0.15, -0.1) is 0 Å². The van der Waals surface area contributed by atoms with E-state index >= 15 is 0 Å². The fraction of sp³-hybridized carbons (Fsp3) is 1.00. The zero-order chi connectivity index (χ0) is 12.3. The molecule has 16 heavy (non-hydrogen) atoms. The minimum atomic E-state index is -3.60. The molecular formula is C8H16O7S. The van der Waals surface area contributed by atoms with Crippen LogP contribution in [0.5, 0.6) is 0 Å². The summed E-state index contributed by atoms with van der Waals surface area (Å²) in [5, 5.41) is 19.0. The fourth-order valence-electron chi connectivity index (χ4n) is 1.40. The van der Waals surface area contributed by atoms with Crippen molar-refractivity contribution in [3.63, 3.8) is 0 Å². The Hall–Kier alpha value is -0.250. The quantitative estimate of drug-likeness (QED) is 0.587. The van der Waals surface area contributed by atoms with E-state index < -0.39 is 34.7 Å². The standard InChI is InChI=1S/C8H16O7S/c1-13-7-3-5(9)8(10)6(15-7)4-14-16(2,11)12/h5-10H,3-4H2,1-2H3/t5-,6-,7-,8+/m1/s1. The molecule has 0 aromatic heterocycles. The number of hydrogen-bond acceptors (Lipinski definition) is 7. The van der Waals surface area contributed by atoms with Gasteiger partial charge in [0.1, 0.15) is 12.2 Å². The first-order valence-corrected chi connectivity index (χ1v) is 6.54. The Labute approximate surface area is 94.1 Å². The summed E-state index contributed by atoms with van der Waals surface area (Å²) in [6, 6.07) is 0. The van der Waals surface area contributed by atoms with Gasteiger partial charge in [-0.25, -0.2) is 0 Å². The molecule has 1 heterocycles.